The molecular weight excluding hydrogens is 147 g/mol. The zero-order valence-corrected chi connectivity index (χ0v) is 6.01. The lowest BCUT2D eigenvalue weighted by atomic mass is 9.89. The van der Waals surface area contributed by atoms with Crippen LogP contribution in [0.4, 0.5) is 0 Å². The third-order valence-electron chi connectivity index (χ3n) is 1.11. The molecule has 0 heterocycles. The molecule has 10 heavy (non-hydrogen) atoms. The van der Waals surface area contributed by atoms with E-state index in [9.17, 15) is 0 Å². The standard InChI is InChI=1S/C6H6BO2S/c8-7-5-2-1-3-6(4-5)10-9/h1-4,8-9H. The molecule has 0 amide bonds. The summed E-state index contributed by atoms with van der Waals surface area (Å²) in [4.78, 5) is 0.725. The Labute approximate surface area is 64.4 Å². The molecule has 0 aliphatic carbocycles. The van der Waals surface area contributed by atoms with E-state index in [4.69, 9.17) is 9.58 Å². The van der Waals surface area contributed by atoms with Crippen molar-refractivity contribution < 1.29 is 9.58 Å². The van der Waals surface area contributed by atoms with E-state index in [0.29, 0.717) is 17.5 Å². The van der Waals surface area contributed by atoms with Gasteiger partial charge in [0.15, 0.2) is 0 Å². The largest absolute Gasteiger partial charge is 0.450 e. The summed E-state index contributed by atoms with van der Waals surface area (Å²) in [5, 5.41) is 8.54. The lowest BCUT2D eigenvalue weighted by Gasteiger charge is -1.95. The molecular formula is C6H6BO2S. The SMILES string of the molecule is O[B]c1cccc(SO)c1. The lowest BCUT2D eigenvalue weighted by Crippen LogP contribution is -2.12. The van der Waals surface area contributed by atoms with Crippen LogP contribution in [0.25, 0.3) is 0 Å². The quantitative estimate of drug-likeness (QED) is 0.479. The van der Waals surface area contributed by atoms with Gasteiger partial charge in [0.25, 0.3) is 0 Å². The van der Waals surface area contributed by atoms with Crippen LogP contribution in [0.1, 0.15) is 0 Å². The third kappa shape index (κ3) is 1.77. The van der Waals surface area contributed by atoms with Crippen LogP contribution in [-0.2, 0) is 0 Å². The van der Waals surface area contributed by atoms with Crippen LogP contribution < -0.4 is 5.46 Å². The van der Waals surface area contributed by atoms with Crippen molar-refractivity contribution in [3.05, 3.63) is 24.3 Å². The van der Waals surface area contributed by atoms with Crippen LogP contribution in [-0.4, -0.2) is 17.1 Å². The molecule has 0 bridgehead atoms. The van der Waals surface area contributed by atoms with E-state index >= 15 is 0 Å². The first-order valence-electron chi connectivity index (χ1n) is 2.75. The summed E-state index contributed by atoms with van der Waals surface area (Å²) in [5.74, 6) is 0. The number of hydrogen-bond donors (Lipinski definition) is 2. The van der Waals surface area contributed by atoms with Gasteiger partial charge in [0.2, 0.25) is 0 Å². The van der Waals surface area contributed by atoms with Crippen LogP contribution in [0, 0.1) is 0 Å². The number of benzene rings is 1. The Morgan fingerprint density at radius 1 is 1.40 bits per heavy atom. The highest BCUT2D eigenvalue weighted by atomic mass is 32.2. The van der Waals surface area contributed by atoms with Crippen molar-refractivity contribution in [3.63, 3.8) is 0 Å². The summed E-state index contributed by atoms with van der Waals surface area (Å²) in [6, 6.07) is 6.96. The molecule has 0 spiro atoms. The molecule has 1 rings (SSSR count). The molecule has 1 aromatic rings. The van der Waals surface area contributed by atoms with Gasteiger partial charge in [-0.25, -0.2) is 0 Å². The van der Waals surface area contributed by atoms with E-state index in [1.54, 1.807) is 24.3 Å². The summed E-state index contributed by atoms with van der Waals surface area (Å²) >= 11 is 0.667. The lowest BCUT2D eigenvalue weighted by molar-refractivity contribution is 0.615. The first-order chi connectivity index (χ1) is 4.86. The molecule has 0 fully saturated rings. The summed E-state index contributed by atoms with van der Waals surface area (Å²) in [6.07, 6.45) is 0. The Balaban J connectivity index is 2.87. The summed E-state index contributed by atoms with van der Waals surface area (Å²) in [5.41, 5.74) is 0.694. The zero-order valence-electron chi connectivity index (χ0n) is 5.19. The smallest absolute Gasteiger partial charge is 0.326 e. The molecule has 2 N–H and O–H groups in total. The van der Waals surface area contributed by atoms with Crippen molar-refractivity contribution in [2.75, 3.05) is 0 Å². The second-order valence-electron chi connectivity index (χ2n) is 1.79. The normalized spacial score (nSPS) is 9.40. The van der Waals surface area contributed by atoms with Gasteiger partial charge in [-0.05, 0) is 12.1 Å². The monoisotopic (exact) mass is 153 g/mol. The molecule has 0 aliphatic heterocycles. The van der Waals surface area contributed by atoms with E-state index in [0.717, 1.165) is 12.4 Å². The zero-order chi connectivity index (χ0) is 7.40. The summed E-state index contributed by atoms with van der Waals surface area (Å²) in [6.45, 7) is 0. The van der Waals surface area contributed by atoms with E-state index in [1.165, 1.54) is 0 Å². The molecule has 0 aromatic heterocycles. The highest BCUT2D eigenvalue weighted by molar-refractivity contribution is 7.93. The fourth-order valence-corrected chi connectivity index (χ4v) is 0.980. The Morgan fingerprint density at radius 3 is 2.80 bits per heavy atom. The highest BCUT2D eigenvalue weighted by Crippen LogP contribution is 2.10. The van der Waals surface area contributed by atoms with Gasteiger partial charge in [-0.15, -0.1) is 0 Å². The van der Waals surface area contributed by atoms with Crippen molar-refractivity contribution in [1.82, 2.24) is 0 Å². The Kier molecular flexibility index (Phi) is 2.80. The number of rotatable bonds is 2. The van der Waals surface area contributed by atoms with Crippen molar-refractivity contribution in [3.8, 4) is 0 Å². The van der Waals surface area contributed by atoms with Crippen LogP contribution in [0.2, 0.25) is 0 Å². The minimum Gasteiger partial charge on any atom is -0.450 e. The van der Waals surface area contributed by atoms with Crippen LogP contribution >= 0.6 is 12.0 Å². The fraction of sp³-hybridized carbons (Fsp3) is 0. The van der Waals surface area contributed by atoms with Gasteiger partial charge < -0.3 is 9.58 Å². The topological polar surface area (TPSA) is 40.5 Å². The van der Waals surface area contributed by atoms with Gasteiger partial charge >= 0.3 is 7.48 Å². The van der Waals surface area contributed by atoms with Gasteiger partial charge in [-0.1, -0.05) is 17.6 Å². The molecule has 0 saturated carbocycles. The molecule has 4 heteroatoms. The van der Waals surface area contributed by atoms with E-state index in [-0.39, 0.29) is 0 Å². The van der Waals surface area contributed by atoms with Gasteiger partial charge in [-0.3, -0.25) is 0 Å². The second-order valence-corrected chi connectivity index (χ2v) is 2.45. The molecule has 0 aliphatic rings. The van der Waals surface area contributed by atoms with Gasteiger partial charge in [0.05, 0.1) is 0 Å². The molecule has 1 radical (unpaired) electrons. The maximum Gasteiger partial charge on any atom is 0.326 e. The summed E-state index contributed by atoms with van der Waals surface area (Å²) in [7, 11) is 1.000. The van der Waals surface area contributed by atoms with Crippen molar-refractivity contribution >= 4 is 25.0 Å². The van der Waals surface area contributed by atoms with Gasteiger partial charge in [0, 0.05) is 16.9 Å². The predicted octanol–water partition coefficient (Wildman–Crippen LogP) is 0.488. The molecule has 51 valence electrons. The van der Waals surface area contributed by atoms with Crippen LogP contribution in [0.3, 0.4) is 0 Å². The van der Waals surface area contributed by atoms with Crippen molar-refractivity contribution in [2.45, 2.75) is 4.90 Å². The Bertz CT molecular complexity index is 197. The predicted molar refractivity (Wildman–Crippen MR) is 42.5 cm³/mol. The Hall–Kier alpha value is -0.445. The minimum absolute atomic E-state index is 0.667. The van der Waals surface area contributed by atoms with Crippen LogP contribution in [0.5, 0.6) is 0 Å². The average Bonchev–Trinajstić information content (AvgIpc) is 2.05. The first kappa shape index (κ1) is 7.66. The minimum atomic E-state index is 0.667. The first-order valence-corrected chi connectivity index (χ1v) is 3.53. The second kappa shape index (κ2) is 3.66. The fourth-order valence-electron chi connectivity index (χ4n) is 0.652. The van der Waals surface area contributed by atoms with E-state index in [2.05, 4.69) is 0 Å². The molecule has 1 aromatic carbocycles. The molecule has 0 atom stereocenters. The van der Waals surface area contributed by atoms with Gasteiger partial charge in [-0.2, -0.15) is 0 Å². The third-order valence-corrected chi connectivity index (χ3v) is 1.58. The maximum atomic E-state index is 8.58. The highest BCUT2D eigenvalue weighted by Gasteiger charge is 1.94. The maximum absolute atomic E-state index is 8.58. The summed E-state index contributed by atoms with van der Waals surface area (Å²) < 4.78 is 8.58. The number of hydrogen-bond acceptors (Lipinski definition) is 3. The molecule has 0 saturated heterocycles. The van der Waals surface area contributed by atoms with E-state index in [1.807, 2.05) is 0 Å². The molecule has 0 unspecified atom stereocenters. The van der Waals surface area contributed by atoms with E-state index < -0.39 is 0 Å². The average molecular weight is 153 g/mol. The molecule has 2 nitrogen and oxygen atoms in total. The van der Waals surface area contributed by atoms with Crippen molar-refractivity contribution in [2.24, 2.45) is 0 Å². The van der Waals surface area contributed by atoms with Gasteiger partial charge in [0.1, 0.15) is 0 Å². The van der Waals surface area contributed by atoms with Crippen molar-refractivity contribution in [1.29, 1.82) is 0 Å². The Morgan fingerprint density at radius 2 is 2.20 bits per heavy atom. The van der Waals surface area contributed by atoms with Crippen LogP contribution in [0.15, 0.2) is 29.2 Å².